The van der Waals surface area contributed by atoms with Crippen molar-refractivity contribution in [3.05, 3.63) is 29.8 Å². The van der Waals surface area contributed by atoms with E-state index < -0.39 is 5.85 Å². The number of anilines is 1. The molecule has 0 bridgehead atoms. The molecule has 2 heterocycles. The van der Waals surface area contributed by atoms with Crippen molar-refractivity contribution < 1.29 is 5.11 Å². The van der Waals surface area contributed by atoms with Gasteiger partial charge < -0.3 is 10.0 Å². The number of likely N-dealkylation sites (N-methyl/N-ethyl adjacent to an activating group) is 2. The predicted molar refractivity (Wildman–Crippen MR) is 64.4 cm³/mol. The number of likely N-dealkylation sites (tertiary alicyclic amines) is 1. The molecule has 86 valence electrons. The second-order valence-electron chi connectivity index (χ2n) is 5.22. The third-order valence-corrected chi connectivity index (χ3v) is 4.55. The lowest BCUT2D eigenvalue weighted by atomic mass is 9.79. The van der Waals surface area contributed by atoms with Crippen molar-refractivity contribution in [2.75, 3.05) is 25.5 Å². The summed E-state index contributed by atoms with van der Waals surface area (Å²) in [6.07, 6.45) is 1.00. The summed E-state index contributed by atoms with van der Waals surface area (Å²) in [4.78, 5) is 4.06. The van der Waals surface area contributed by atoms with Crippen molar-refractivity contribution >= 4 is 5.69 Å². The summed E-state index contributed by atoms with van der Waals surface area (Å²) < 4.78 is 0. The average molecular weight is 218 g/mol. The maximum atomic E-state index is 11.0. The highest BCUT2D eigenvalue weighted by Crippen LogP contribution is 2.55. The van der Waals surface area contributed by atoms with Crippen molar-refractivity contribution in [2.45, 2.75) is 24.6 Å². The van der Waals surface area contributed by atoms with Crippen molar-refractivity contribution in [3.63, 3.8) is 0 Å². The molecule has 1 aromatic carbocycles. The fraction of sp³-hybridized carbons (Fsp3) is 0.538. The van der Waals surface area contributed by atoms with Gasteiger partial charge in [0.1, 0.15) is 0 Å². The fourth-order valence-corrected chi connectivity index (χ4v) is 3.48. The van der Waals surface area contributed by atoms with Gasteiger partial charge in [-0.05, 0) is 32.0 Å². The quantitative estimate of drug-likeness (QED) is 0.712. The van der Waals surface area contributed by atoms with Crippen LogP contribution in [0.4, 0.5) is 5.69 Å². The monoisotopic (exact) mass is 218 g/mol. The van der Waals surface area contributed by atoms with E-state index in [2.05, 4.69) is 25.1 Å². The van der Waals surface area contributed by atoms with Gasteiger partial charge in [0.25, 0.3) is 0 Å². The Bertz CT molecular complexity index is 447. The Kier molecular flexibility index (Phi) is 1.76. The topological polar surface area (TPSA) is 26.7 Å². The maximum absolute atomic E-state index is 11.0. The molecule has 3 rings (SSSR count). The molecule has 16 heavy (non-hydrogen) atoms. The first-order valence-electron chi connectivity index (χ1n) is 5.79. The van der Waals surface area contributed by atoms with Gasteiger partial charge in [0.2, 0.25) is 5.85 Å². The number of rotatable bonds is 0. The molecule has 1 saturated heterocycles. The van der Waals surface area contributed by atoms with Crippen molar-refractivity contribution in [1.82, 2.24) is 4.90 Å². The van der Waals surface area contributed by atoms with Gasteiger partial charge in [-0.25, -0.2) is 0 Å². The minimum Gasteiger partial charge on any atom is -0.358 e. The van der Waals surface area contributed by atoms with E-state index in [9.17, 15) is 5.11 Å². The molecule has 0 aliphatic carbocycles. The van der Waals surface area contributed by atoms with Crippen LogP contribution in [0.25, 0.3) is 0 Å². The molecule has 0 aromatic heterocycles. The third-order valence-electron chi connectivity index (χ3n) is 4.55. The Balaban J connectivity index is 2.27. The summed E-state index contributed by atoms with van der Waals surface area (Å²) in [5.41, 5.74) is 2.25. The van der Waals surface area contributed by atoms with Gasteiger partial charge in [0.05, 0.1) is 5.41 Å². The van der Waals surface area contributed by atoms with Gasteiger partial charge in [-0.3, -0.25) is 4.90 Å². The van der Waals surface area contributed by atoms with E-state index in [1.807, 2.05) is 30.0 Å². The van der Waals surface area contributed by atoms with Crippen LogP contribution < -0.4 is 4.90 Å². The normalized spacial score (nSPS) is 37.6. The number of benzene rings is 1. The zero-order valence-electron chi connectivity index (χ0n) is 10.1. The first kappa shape index (κ1) is 10.1. The average Bonchev–Trinajstić information content (AvgIpc) is 2.63. The fourth-order valence-electron chi connectivity index (χ4n) is 3.48. The molecule has 0 spiro atoms. The number of hydrogen-bond acceptors (Lipinski definition) is 3. The standard InChI is InChI=1S/C13H18N2O/c1-12-8-9-14(2)13(12,16)15(3)11-7-5-4-6-10(11)12/h4-7,16H,8-9H2,1-3H3/t12-,13-/m0/s1. The number of nitrogens with zero attached hydrogens (tertiary/aromatic N) is 2. The molecular weight excluding hydrogens is 200 g/mol. The number of aliphatic hydroxyl groups is 1. The van der Waals surface area contributed by atoms with E-state index in [-0.39, 0.29) is 5.41 Å². The minimum absolute atomic E-state index is 0.174. The van der Waals surface area contributed by atoms with Gasteiger partial charge in [-0.1, -0.05) is 18.2 Å². The van der Waals surface area contributed by atoms with Crippen LogP contribution in [-0.4, -0.2) is 36.5 Å². The number of para-hydroxylation sites is 1. The zero-order valence-corrected chi connectivity index (χ0v) is 10.1. The smallest absolute Gasteiger partial charge is 0.207 e. The van der Waals surface area contributed by atoms with E-state index in [1.165, 1.54) is 5.56 Å². The first-order chi connectivity index (χ1) is 7.52. The number of hydrogen-bond donors (Lipinski definition) is 1. The lowest BCUT2D eigenvalue weighted by molar-refractivity contribution is -0.0979. The molecule has 2 aliphatic rings. The van der Waals surface area contributed by atoms with Crippen LogP contribution >= 0.6 is 0 Å². The first-order valence-corrected chi connectivity index (χ1v) is 5.79. The Morgan fingerprint density at radius 3 is 2.69 bits per heavy atom. The lowest BCUT2D eigenvalue weighted by Gasteiger charge is -2.42. The molecule has 2 atom stereocenters. The summed E-state index contributed by atoms with van der Waals surface area (Å²) in [6.45, 7) is 3.10. The molecule has 1 fully saturated rings. The van der Waals surface area contributed by atoms with Crippen LogP contribution in [0.15, 0.2) is 24.3 Å². The van der Waals surface area contributed by atoms with Crippen LogP contribution in [0.5, 0.6) is 0 Å². The van der Waals surface area contributed by atoms with Crippen LogP contribution in [0.3, 0.4) is 0 Å². The maximum Gasteiger partial charge on any atom is 0.207 e. The highest BCUT2D eigenvalue weighted by atomic mass is 16.3. The Hall–Kier alpha value is -1.06. The predicted octanol–water partition coefficient (Wildman–Crippen LogP) is 1.38. The van der Waals surface area contributed by atoms with Gasteiger partial charge in [0, 0.05) is 19.3 Å². The summed E-state index contributed by atoms with van der Waals surface area (Å²) in [6, 6.07) is 8.32. The number of fused-ring (bicyclic) bond motifs is 3. The molecule has 0 unspecified atom stereocenters. The van der Waals surface area contributed by atoms with E-state index in [1.54, 1.807) is 0 Å². The van der Waals surface area contributed by atoms with Gasteiger partial charge >= 0.3 is 0 Å². The molecule has 0 saturated carbocycles. The van der Waals surface area contributed by atoms with Crippen LogP contribution in [0.2, 0.25) is 0 Å². The SMILES string of the molecule is CN1CC[C@@]2(C)c3ccccc3N(C)[C@@]12O. The lowest BCUT2D eigenvalue weighted by Crippen LogP contribution is -2.60. The van der Waals surface area contributed by atoms with Gasteiger partial charge in [-0.15, -0.1) is 0 Å². The molecule has 1 N–H and O–H groups in total. The molecule has 0 radical (unpaired) electrons. The van der Waals surface area contributed by atoms with E-state index in [4.69, 9.17) is 0 Å². The molecule has 2 aliphatic heterocycles. The van der Waals surface area contributed by atoms with E-state index in [0.29, 0.717) is 0 Å². The van der Waals surface area contributed by atoms with E-state index in [0.717, 1.165) is 18.7 Å². The van der Waals surface area contributed by atoms with Crippen LogP contribution in [0.1, 0.15) is 18.9 Å². The summed E-state index contributed by atoms with van der Waals surface area (Å²) >= 11 is 0. The highest BCUT2D eigenvalue weighted by Gasteiger charge is 2.63. The van der Waals surface area contributed by atoms with E-state index >= 15 is 0 Å². The second-order valence-corrected chi connectivity index (χ2v) is 5.22. The highest BCUT2D eigenvalue weighted by molar-refractivity contribution is 5.65. The molecule has 3 nitrogen and oxygen atoms in total. The zero-order chi connectivity index (χ0) is 11.6. The van der Waals surface area contributed by atoms with Crippen molar-refractivity contribution in [2.24, 2.45) is 0 Å². The minimum atomic E-state index is -0.864. The Morgan fingerprint density at radius 1 is 1.25 bits per heavy atom. The molecular formula is C13H18N2O. The van der Waals surface area contributed by atoms with Gasteiger partial charge in [0.15, 0.2) is 0 Å². The summed E-state index contributed by atoms with van der Waals surface area (Å²) in [5.74, 6) is -0.864. The Labute approximate surface area is 96.3 Å². The summed E-state index contributed by atoms with van der Waals surface area (Å²) in [5, 5.41) is 11.0. The molecule has 1 aromatic rings. The third kappa shape index (κ3) is 0.837. The van der Waals surface area contributed by atoms with Crippen molar-refractivity contribution in [3.8, 4) is 0 Å². The van der Waals surface area contributed by atoms with Crippen LogP contribution in [-0.2, 0) is 5.41 Å². The van der Waals surface area contributed by atoms with Crippen molar-refractivity contribution in [1.29, 1.82) is 0 Å². The summed E-state index contributed by atoms with van der Waals surface area (Å²) in [7, 11) is 3.97. The van der Waals surface area contributed by atoms with Crippen LogP contribution in [0, 0.1) is 0 Å². The second kappa shape index (κ2) is 2.79. The molecule has 3 heteroatoms. The Morgan fingerprint density at radius 2 is 1.94 bits per heavy atom. The van der Waals surface area contributed by atoms with Gasteiger partial charge in [-0.2, -0.15) is 0 Å². The largest absolute Gasteiger partial charge is 0.358 e. The molecule has 0 amide bonds.